The monoisotopic (exact) mass is 318 g/mol. The predicted molar refractivity (Wildman–Crippen MR) is 74.0 cm³/mol. The van der Waals surface area contributed by atoms with Crippen molar-refractivity contribution in [1.29, 1.82) is 0 Å². The van der Waals surface area contributed by atoms with Crippen molar-refractivity contribution in [3.8, 4) is 11.5 Å². The Kier molecular flexibility index (Phi) is 4.56. The molecule has 1 aromatic heterocycles. The van der Waals surface area contributed by atoms with Crippen molar-refractivity contribution < 1.29 is 22.6 Å². The van der Waals surface area contributed by atoms with E-state index in [0.29, 0.717) is 18.0 Å². The van der Waals surface area contributed by atoms with E-state index in [1.54, 1.807) is 18.2 Å². The number of ether oxygens (including phenoxy) is 2. The van der Waals surface area contributed by atoms with Gasteiger partial charge in [-0.25, -0.2) is 4.98 Å². The molecule has 0 saturated heterocycles. The Labute approximate surface area is 123 Å². The van der Waals surface area contributed by atoms with Crippen molar-refractivity contribution in [2.24, 2.45) is 0 Å². The van der Waals surface area contributed by atoms with Gasteiger partial charge in [0.1, 0.15) is 0 Å². The zero-order valence-corrected chi connectivity index (χ0v) is 12.1. The molecule has 0 aliphatic rings. The summed E-state index contributed by atoms with van der Waals surface area (Å²) in [6.45, 7) is 0.338. The molecule has 0 amide bonds. The molecule has 0 unspecified atom stereocenters. The molecule has 0 bridgehead atoms. The molecule has 4 nitrogen and oxygen atoms in total. The third-order valence-corrected chi connectivity index (χ3v) is 3.49. The van der Waals surface area contributed by atoms with Crippen LogP contribution in [0.4, 0.5) is 18.3 Å². The van der Waals surface area contributed by atoms with Crippen molar-refractivity contribution in [3.63, 3.8) is 0 Å². The number of hydrogen-bond donors (Lipinski definition) is 1. The SMILES string of the molecule is COc1ccc(CNc2nc(C(F)(F)F)cs2)cc1OC. The van der Waals surface area contributed by atoms with Gasteiger partial charge in [0.25, 0.3) is 0 Å². The maximum atomic E-state index is 12.4. The molecule has 0 saturated carbocycles. The normalized spacial score (nSPS) is 11.3. The van der Waals surface area contributed by atoms with Crippen molar-refractivity contribution in [1.82, 2.24) is 4.98 Å². The van der Waals surface area contributed by atoms with E-state index in [1.165, 1.54) is 14.2 Å². The maximum Gasteiger partial charge on any atom is 0.434 e. The fourth-order valence-electron chi connectivity index (χ4n) is 1.65. The van der Waals surface area contributed by atoms with Crippen LogP contribution in [-0.2, 0) is 12.7 Å². The average Bonchev–Trinajstić information content (AvgIpc) is 2.93. The molecule has 21 heavy (non-hydrogen) atoms. The first kappa shape index (κ1) is 15.4. The third kappa shape index (κ3) is 3.78. The van der Waals surface area contributed by atoms with Crippen molar-refractivity contribution >= 4 is 16.5 Å². The highest BCUT2D eigenvalue weighted by atomic mass is 32.1. The molecule has 0 radical (unpaired) electrons. The number of halogens is 3. The number of nitrogens with one attached hydrogen (secondary N) is 1. The molecule has 0 aliphatic carbocycles. The zero-order chi connectivity index (χ0) is 15.5. The summed E-state index contributed by atoms with van der Waals surface area (Å²) in [5.41, 5.74) is -0.0429. The van der Waals surface area contributed by atoms with Crippen LogP contribution >= 0.6 is 11.3 Å². The van der Waals surface area contributed by atoms with Crippen molar-refractivity contribution in [2.75, 3.05) is 19.5 Å². The summed E-state index contributed by atoms with van der Waals surface area (Å²) in [5, 5.41) is 4.06. The smallest absolute Gasteiger partial charge is 0.434 e. The molecular formula is C13H13F3N2O2S. The maximum absolute atomic E-state index is 12.4. The van der Waals surface area contributed by atoms with Gasteiger partial charge >= 0.3 is 6.18 Å². The Balaban J connectivity index is 2.04. The van der Waals surface area contributed by atoms with Crippen LogP contribution in [0.15, 0.2) is 23.6 Å². The fraction of sp³-hybridized carbons (Fsp3) is 0.308. The predicted octanol–water partition coefficient (Wildman–Crippen LogP) is 3.79. The van der Waals surface area contributed by atoms with Crippen molar-refractivity contribution in [2.45, 2.75) is 12.7 Å². The van der Waals surface area contributed by atoms with Crippen molar-refractivity contribution in [3.05, 3.63) is 34.8 Å². The Morgan fingerprint density at radius 2 is 1.90 bits per heavy atom. The second kappa shape index (κ2) is 6.21. The summed E-state index contributed by atoms with van der Waals surface area (Å²) in [5.74, 6) is 1.15. The van der Waals surface area contributed by atoms with Crippen LogP contribution in [0.1, 0.15) is 11.3 Å². The lowest BCUT2D eigenvalue weighted by atomic mass is 10.2. The minimum absolute atomic E-state index is 0.220. The Bertz CT molecular complexity index is 614. The van der Waals surface area contributed by atoms with E-state index in [2.05, 4.69) is 10.3 Å². The first-order valence-electron chi connectivity index (χ1n) is 5.91. The summed E-state index contributed by atoms with van der Waals surface area (Å²) >= 11 is 0.915. The number of alkyl halides is 3. The molecule has 0 aliphatic heterocycles. The Morgan fingerprint density at radius 1 is 1.19 bits per heavy atom. The lowest BCUT2D eigenvalue weighted by Crippen LogP contribution is -2.06. The van der Waals surface area contributed by atoms with E-state index in [1.807, 2.05) is 0 Å². The number of methoxy groups -OCH3 is 2. The summed E-state index contributed by atoms with van der Waals surface area (Å²) < 4.78 is 47.6. The molecule has 1 heterocycles. The minimum atomic E-state index is -4.42. The van der Waals surface area contributed by atoms with Gasteiger partial charge in [-0.2, -0.15) is 13.2 Å². The number of nitrogens with zero attached hydrogens (tertiary/aromatic N) is 1. The van der Waals surface area contributed by atoms with Gasteiger partial charge in [-0.15, -0.1) is 11.3 Å². The number of rotatable bonds is 5. The molecule has 2 aromatic rings. The van der Waals surface area contributed by atoms with Crippen LogP contribution in [0, 0.1) is 0 Å². The Hall–Kier alpha value is -1.96. The van der Waals surface area contributed by atoms with Gasteiger partial charge in [0.2, 0.25) is 0 Å². The van der Waals surface area contributed by atoms with E-state index in [9.17, 15) is 13.2 Å². The lowest BCUT2D eigenvalue weighted by Gasteiger charge is -2.09. The van der Waals surface area contributed by atoms with Crippen LogP contribution in [-0.4, -0.2) is 19.2 Å². The van der Waals surface area contributed by atoms with Gasteiger partial charge in [-0.05, 0) is 17.7 Å². The topological polar surface area (TPSA) is 43.4 Å². The fourth-order valence-corrected chi connectivity index (χ4v) is 2.37. The number of thiazole rings is 1. The van der Waals surface area contributed by atoms with Crippen LogP contribution < -0.4 is 14.8 Å². The highest BCUT2D eigenvalue weighted by Crippen LogP contribution is 2.32. The summed E-state index contributed by atoms with van der Waals surface area (Å²) in [7, 11) is 3.05. The van der Waals surface area contributed by atoms with E-state index < -0.39 is 11.9 Å². The van der Waals surface area contributed by atoms with Gasteiger partial charge in [0, 0.05) is 11.9 Å². The Morgan fingerprint density at radius 3 is 2.48 bits per heavy atom. The molecule has 2 rings (SSSR count). The van der Waals surface area contributed by atoms with Gasteiger partial charge in [-0.3, -0.25) is 0 Å². The number of aromatic nitrogens is 1. The summed E-state index contributed by atoms with van der Waals surface area (Å²) in [6, 6.07) is 5.29. The number of benzene rings is 1. The molecule has 114 valence electrons. The molecule has 1 aromatic carbocycles. The van der Waals surface area contributed by atoms with Crippen LogP contribution in [0.5, 0.6) is 11.5 Å². The van der Waals surface area contributed by atoms with E-state index >= 15 is 0 Å². The standard InChI is InChI=1S/C13H13F3N2O2S/c1-19-9-4-3-8(5-10(9)20-2)6-17-12-18-11(7-21-12)13(14,15)16/h3-5,7H,6H2,1-2H3,(H,17,18). The molecule has 0 fully saturated rings. The quantitative estimate of drug-likeness (QED) is 0.911. The van der Waals surface area contributed by atoms with Gasteiger partial charge in [0.05, 0.1) is 14.2 Å². The second-order valence-electron chi connectivity index (χ2n) is 4.08. The molecular weight excluding hydrogens is 305 g/mol. The van der Waals surface area contributed by atoms with Crippen LogP contribution in [0.25, 0.3) is 0 Å². The second-order valence-corrected chi connectivity index (χ2v) is 4.94. The first-order valence-corrected chi connectivity index (χ1v) is 6.79. The summed E-state index contributed by atoms with van der Waals surface area (Å²) in [6.07, 6.45) is -4.42. The highest BCUT2D eigenvalue weighted by molar-refractivity contribution is 7.13. The minimum Gasteiger partial charge on any atom is -0.493 e. The molecule has 1 N–H and O–H groups in total. The molecule has 0 spiro atoms. The highest BCUT2D eigenvalue weighted by Gasteiger charge is 2.33. The average molecular weight is 318 g/mol. The largest absolute Gasteiger partial charge is 0.493 e. The van der Waals surface area contributed by atoms with Gasteiger partial charge < -0.3 is 14.8 Å². The summed E-state index contributed by atoms with van der Waals surface area (Å²) in [4.78, 5) is 3.50. The molecule has 0 atom stereocenters. The first-order chi connectivity index (χ1) is 9.94. The van der Waals surface area contributed by atoms with E-state index in [0.717, 1.165) is 22.3 Å². The number of hydrogen-bond acceptors (Lipinski definition) is 5. The third-order valence-electron chi connectivity index (χ3n) is 2.69. The van der Waals surface area contributed by atoms with Gasteiger partial charge in [0.15, 0.2) is 22.3 Å². The zero-order valence-electron chi connectivity index (χ0n) is 11.3. The van der Waals surface area contributed by atoms with E-state index in [4.69, 9.17) is 9.47 Å². The van der Waals surface area contributed by atoms with Crippen LogP contribution in [0.3, 0.4) is 0 Å². The number of anilines is 1. The van der Waals surface area contributed by atoms with Crippen LogP contribution in [0.2, 0.25) is 0 Å². The van der Waals surface area contributed by atoms with E-state index in [-0.39, 0.29) is 5.13 Å². The van der Waals surface area contributed by atoms with Gasteiger partial charge in [-0.1, -0.05) is 6.07 Å². The lowest BCUT2D eigenvalue weighted by molar-refractivity contribution is -0.140. The molecule has 8 heteroatoms.